The Hall–Kier alpha value is -1.66. The Kier molecular flexibility index (Phi) is 6.94. The zero-order valence-electron chi connectivity index (χ0n) is 17.5. The van der Waals surface area contributed by atoms with Crippen molar-refractivity contribution < 1.29 is 8.42 Å². The van der Waals surface area contributed by atoms with Gasteiger partial charge in [0, 0.05) is 20.3 Å². The summed E-state index contributed by atoms with van der Waals surface area (Å²) in [6.45, 7) is 0.724. The molecule has 0 N–H and O–H groups in total. The highest BCUT2D eigenvalue weighted by molar-refractivity contribution is 7.94. The summed E-state index contributed by atoms with van der Waals surface area (Å²) in [5.41, 5.74) is 0. The minimum absolute atomic E-state index is 0.119. The lowest BCUT2D eigenvalue weighted by Gasteiger charge is -2.18. The van der Waals surface area contributed by atoms with Crippen LogP contribution in [0.5, 0.6) is 0 Å². The van der Waals surface area contributed by atoms with Crippen molar-refractivity contribution >= 4 is 19.5 Å². The Bertz CT molecular complexity index is 967. The van der Waals surface area contributed by atoms with E-state index in [2.05, 4.69) is 0 Å². The molecule has 2 atom stereocenters. The SMILES string of the molecule is O=[S@](=NCCN=[S@@](=O)(c1ccccc1)C1CCCC1)(c1ccccc1)C1CCCC1. The van der Waals surface area contributed by atoms with Crippen LogP contribution >= 0.6 is 0 Å². The third-order valence-corrected chi connectivity index (χ3v) is 12.1. The maximum absolute atomic E-state index is 14.0. The van der Waals surface area contributed by atoms with Gasteiger partial charge in [-0.1, -0.05) is 62.1 Å². The van der Waals surface area contributed by atoms with Gasteiger partial charge in [-0.05, 0) is 49.9 Å². The van der Waals surface area contributed by atoms with Gasteiger partial charge in [-0.3, -0.25) is 0 Å². The van der Waals surface area contributed by atoms with E-state index >= 15 is 0 Å². The molecule has 4 rings (SSSR count). The maximum Gasteiger partial charge on any atom is 0.0781 e. The molecule has 0 bridgehead atoms. The molecule has 2 aromatic rings. The van der Waals surface area contributed by atoms with Crippen LogP contribution in [0.3, 0.4) is 0 Å². The van der Waals surface area contributed by atoms with Crippen LogP contribution in [-0.4, -0.2) is 32.0 Å². The van der Waals surface area contributed by atoms with Crippen LogP contribution in [-0.2, 0) is 19.5 Å². The molecule has 0 saturated heterocycles. The molecular formula is C24H32N2O2S2. The predicted molar refractivity (Wildman–Crippen MR) is 125 cm³/mol. The fraction of sp³-hybridized carbons (Fsp3) is 0.500. The van der Waals surface area contributed by atoms with Gasteiger partial charge in [0.2, 0.25) is 0 Å². The van der Waals surface area contributed by atoms with Gasteiger partial charge < -0.3 is 0 Å². The van der Waals surface area contributed by atoms with Gasteiger partial charge >= 0.3 is 0 Å². The normalized spacial score (nSPS) is 21.7. The molecule has 0 amide bonds. The first-order valence-electron chi connectivity index (χ1n) is 11.2. The number of hydrogen-bond donors (Lipinski definition) is 0. The molecule has 2 fully saturated rings. The Morgan fingerprint density at radius 1 is 0.600 bits per heavy atom. The van der Waals surface area contributed by atoms with Crippen molar-refractivity contribution in [3.05, 3.63) is 60.7 Å². The first kappa shape index (κ1) is 21.6. The van der Waals surface area contributed by atoms with Gasteiger partial charge in [-0.2, -0.15) is 0 Å². The summed E-state index contributed by atoms with van der Waals surface area (Å²) in [6, 6.07) is 19.4. The van der Waals surface area contributed by atoms with Gasteiger partial charge in [0.1, 0.15) is 0 Å². The van der Waals surface area contributed by atoms with Crippen molar-refractivity contribution in [1.82, 2.24) is 0 Å². The van der Waals surface area contributed by atoms with Crippen LogP contribution in [0.1, 0.15) is 51.4 Å². The van der Waals surface area contributed by atoms with Gasteiger partial charge in [-0.25, -0.2) is 17.1 Å². The van der Waals surface area contributed by atoms with Crippen LogP contribution in [0.4, 0.5) is 0 Å². The van der Waals surface area contributed by atoms with Crippen molar-refractivity contribution in [2.24, 2.45) is 8.73 Å². The summed E-state index contributed by atoms with van der Waals surface area (Å²) in [6.07, 6.45) is 8.37. The number of rotatable bonds is 7. The van der Waals surface area contributed by atoms with E-state index in [1.54, 1.807) is 0 Å². The van der Waals surface area contributed by atoms with Crippen LogP contribution in [0, 0.1) is 0 Å². The second kappa shape index (κ2) is 9.65. The average molecular weight is 445 g/mol. The Balaban J connectivity index is 1.62. The van der Waals surface area contributed by atoms with E-state index in [0.717, 1.165) is 61.2 Å². The Morgan fingerprint density at radius 3 is 1.27 bits per heavy atom. The highest BCUT2D eigenvalue weighted by Gasteiger charge is 2.30. The monoisotopic (exact) mass is 444 g/mol. The second-order valence-electron chi connectivity index (χ2n) is 8.28. The quantitative estimate of drug-likeness (QED) is 0.497. The Morgan fingerprint density at radius 2 is 0.933 bits per heavy atom. The van der Waals surface area contributed by atoms with Gasteiger partial charge in [-0.15, -0.1) is 0 Å². The molecule has 0 unspecified atom stereocenters. The van der Waals surface area contributed by atoms with Crippen LogP contribution in [0.25, 0.3) is 0 Å². The molecule has 4 nitrogen and oxygen atoms in total. The van der Waals surface area contributed by atoms with E-state index in [0.29, 0.717) is 13.1 Å². The first-order valence-corrected chi connectivity index (χ1v) is 14.3. The summed E-state index contributed by atoms with van der Waals surface area (Å²) in [5.74, 6) is 0. The molecule has 162 valence electrons. The second-order valence-corrected chi connectivity index (χ2v) is 13.3. The zero-order chi connectivity index (χ0) is 20.9. The van der Waals surface area contributed by atoms with Crippen molar-refractivity contribution in [3.8, 4) is 0 Å². The van der Waals surface area contributed by atoms with Crippen molar-refractivity contribution in [2.45, 2.75) is 71.7 Å². The highest BCUT2D eigenvalue weighted by atomic mass is 32.2. The molecule has 2 aliphatic carbocycles. The minimum Gasteiger partial charge on any atom is -0.244 e. The third-order valence-electron chi connectivity index (χ3n) is 6.34. The van der Waals surface area contributed by atoms with E-state index in [4.69, 9.17) is 8.73 Å². The van der Waals surface area contributed by atoms with Crippen molar-refractivity contribution in [1.29, 1.82) is 0 Å². The van der Waals surface area contributed by atoms with E-state index in [1.807, 2.05) is 60.7 Å². The topological polar surface area (TPSA) is 58.9 Å². The lowest BCUT2D eigenvalue weighted by atomic mass is 10.4. The lowest BCUT2D eigenvalue weighted by Crippen LogP contribution is -2.20. The fourth-order valence-electron chi connectivity index (χ4n) is 4.74. The minimum atomic E-state index is -2.48. The molecule has 0 heterocycles. The van der Waals surface area contributed by atoms with Gasteiger partial charge in [0.05, 0.1) is 32.5 Å². The standard InChI is InChI=1S/C24H32N2O2S2/c27-29(23-15-7-8-16-23,21-11-3-1-4-12-21)25-19-20-26-30(28,24-17-9-10-18-24)22-13-5-2-6-14-22/h1-6,11-14,23-24H,7-10,15-20H2/t29-,30-/m1/s1. The van der Waals surface area contributed by atoms with E-state index in [9.17, 15) is 8.42 Å². The molecule has 0 aliphatic heterocycles. The molecule has 2 saturated carbocycles. The highest BCUT2D eigenvalue weighted by Crippen LogP contribution is 2.33. The predicted octanol–water partition coefficient (Wildman–Crippen LogP) is 5.93. The van der Waals surface area contributed by atoms with Gasteiger partial charge in [0.25, 0.3) is 0 Å². The number of hydrogen-bond acceptors (Lipinski definition) is 4. The Labute approximate surface area is 181 Å². The van der Waals surface area contributed by atoms with Crippen LogP contribution < -0.4 is 0 Å². The molecule has 0 radical (unpaired) electrons. The smallest absolute Gasteiger partial charge is 0.0781 e. The summed E-state index contributed by atoms with van der Waals surface area (Å²) in [7, 11) is -4.95. The number of benzene rings is 2. The average Bonchev–Trinajstić information content (AvgIpc) is 3.53. The largest absolute Gasteiger partial charge is 0.244 e. The van der Waals surface area contributed by atoms with Crippen LogP contribution in [0.15, 0.2) is 79.2 Å². The first-order chi connectivity index (χ1) is 14.6. The lowest BCUT2D eigenvalue weighted by molar-refractivity contribution is 0.655. The fourth-order valence-corrected chi connectivity index (χ4v) is 9.98. The number of nitrogens with zero attached hydrogens (tertiary/aromatic N) is 2. The summed E-state index contributed by atoms with van der Waals surface area (Å²) in [4.78, 5) is 1.66. The van der Waals surface area contributed by atoms with Gasteiger partial charge in [0.15, 0.2) is 0 Å². The molecule has 2 aromatic carbocycles. The third kappa shape index (κ3) is 4.50. The maximum atomic E-state index is 14.0. The van der Waals surface area contributed by atoms with E-state index in [1.165, 1.54) is 0 Å². The molecule has 0 spiro atoms. The molecule has 0 aromatic heterocycles. The molecule has 2 aliphatic rings. The summed E-state index contributed by atoms with van der Waals surface area (Å²) in [5, 5.41) is 0.237. The van der Waals surface area contributed by atoms with E-state index < -0.39 is 19.5 Å². The molecular weight excluding hydrogens is 412 g/mol. The molecule has 30 heavy (non-hydrogen) atoms. The van der Waals surface area contributed by atoms with Crippen molar-refractivity contribution in [3.63, 3.8) is 0 Å². The van der Waals surface area contributed by atoms with Crippen molar-refractivity contribution in [2.75, 3.05) is 13.1 Å². The van der Waals surface area contributed by atoms with E-state index in [-0.39, 0.29) is 10.5 Å². The summed E-state index contributed by atoms with van der Waals surface area (Å²) < 4.78 is 37.4. The summed E-state index contributed by atoms with van der Waals surface area (Å²) >= 11 is 0. The molecule has 6 heteroatoms. The zero-order valence-corrected chi connectivity index (χ0v) is 19.2. The van der Waals surface area contributed by atoms with Crippen LogP contribution in [0.2, 0.25) is 0 Å².